The lowest BCUT2D eigenvalue weighted by Crippen LogP contribution is -2.28. The van der Waals surface area contributed by atoms with E-state index in [1.807, 2.05) is 13.0 Å². The summed E-state index contributed by atoms with van der Waals surface area (Å²) in [6, 6.07) is 10.1. The average molecular weight is 444 g/mol. The summed E-state index contributed by atoms with van der Waals surface area (Å²) in [5.74, 6) is 0.712. The third kappa shape index (κ3) is 5.48. The number of aryl methyl sites for hydroxylation is 1. The predicted octanol–water partition coefficient (Wildman–Crippen LogP) is 3.98. The van der Waals surface area contributed by atoms with Crippen LogP contribution in [0.2, 0.25) is 5.02 Å². The van der Waals surface area contributed by atoms with Gasteiger partial charge in [-0.2, -0.15) is 0 Å². The summed E-state index contributed by atoms with van der Waals surface area (Å²) in [5.41, 5.74) is 1.70. The van der Waals surface area contributed by atoms with Gasteiger partial charge in [0.25, 0.3) is 0 Å². The molecule has 2 heterocycles. The Morgan fingerprint density at radius 2 is 1.97 bits per heavy atom. The Labute approximate surface area is 184 Å². The zero-order valence-corrected chi connectivity index (χ0v) is 18.0. The lowest BCUT2D eigenvalue weighted by molar-refractivity contribution is 0.121. The van der Waals surface area contributed by atoms with Crippen molar-refractivity contribution in [3.8, 4) is 11.3 Å². The lowest BCUT2D eigenvalue weighted by Gasteiger charge is -2.15. The summed E-state index contributed by atoms with van der Waals surface area (Å²) in [7, 11) is 1.64. The predicted molar refractivity (Wildman–Crippen MR) is 117 cm³/mol. The van der Waals surface area contributed by atoms with E-state index in [9.17, 15) is 9.59 Å². The molecule has 2 aromatic heterocycles. The smallest absolute Gasteiger partial charge is 0.413 e. The summed E-state index contributed by atoms with van der Waals surface area (Å²) in [6.07, 6.45) is 0.287. The number of nitrogens with zero attached hydrogens (tertiary/aromatic N) is 4. The number of benzene rings is 1. The van der Waals surface area contributed by atoms with E-state index in [2.05, 4.69) is 31.2 Å². The summed E-state index contributed by atoms with van der Waals surface area (Å²) >= 11 is 6.16. The number of halogens is 1. The fourth-order valence-electron chi connectivity index (χ4n) is 2.78. The molecule has 0 saturated carbocycles. The van der Waals surface area contributed by atoms with Gasteiger partial charge >= 0.3 is 12.1 Å². The second-order valence-electron chi connectivity index (χ2n) is 6.52. The summed E-state index contributed by atoms with van der Waals surface area (Å²) in [6.45, 7) is 4.05. The number of hydrogen-bond acceptors (Lipinski definition) is 6. The first-order valence-corrected chi connectivity index (χ1v) is 9.89. The first-order valence-electron chi connectivity index (χ1n) is 9.52. The number of pyridine rings is 1. The first kappa shape index (κ1) is 22.0. The van der Waals surface area contributed by atoms with Crippen LogP contribution in [0.1, 0.15) is 25.5 Å². The molecule has 0 fully saturated rings. The zero-order chi connectivity index (χ0) is 22.4. The molecule has 31 heavy (non-hydrogen) atoms. The molecule has 3 rings (SSSR count). The molecule has 0 bridgehead atoms. The molecule has 0 aliphatic carbocycles. The maximum Gasteiger partial charge on any atom is 0.413 e. The van der Waals surface area contributed by atoms with E-state index in [0.717, 1.165) is 0 Å². The molecule has 11 heteroatoms. The molecule has 0 radical (unpaired) electrons. The molecule has 0 saturated heterocycles. The van der Waals surface area contributed by atoms with Gasteiger partial charge in [-0.25, -0.2) is 19.3 Å². The second-order valence-corrected chi connectivity index (χ2v) is 6.93. The topological polar surface area (TPSA) is 123 Å². The van der Waals surface area contributed by atoms with Crippen LogP contribution in [-0.4, -0.2) is 38.6 Å². The number of amides is 3. The van der Waals surface area contributed by atoms with Crippen LogP contribution >= 0.6 is 11.6 Å². The maximum absolute atomic E-state index is 12.5. The summed E-state index contributed by atoms with van der Waals surface area (Å²) < 4.78 is 6.86. The van der Waals surface area contributed by atoms with Crippen molar-refractivity contribution < 1.29 is 14.3 Å². The largest absolute Gasteiger partial charge is 0.441 e. The van der Waals surface area contributed by atoms with E-state index in [4.69, 9.17) is 16.3 Å². The molecular weight excluding hydrogens is 422 g/mol. The number of carbonyl (C=O) groups is 2. The molecule has 0 aliphatic rings. The van der Waals surface area contributed by atoms with Crippen LogP contribution in [0.4, 0.5) is 21.2 Å². The van der Waals surface area contributed by atoms with E-state index < -0.39 is 12.2 Å². The number of carbonyl (C=O) groups excluding carboxylic acids is 2. The number of nitrogens with one attached hydrogen (secondary N) is 3. The van der Waals surface area contributed by atoms with E-state index in [0.29, 0.717) is 40.0 Å². The Bertz CT molecular complexity index is 1070. The van der Waals surface area contributed by atoms with Gasteiger partial charge in [-0.15, -0.1) is 5.10 Å². The molecule has 0 unspecified atom stereocenters. The standard InChI is InChI=1S/C20H22ClN7O3/c1-4-22-19(29)24-16-10-9-13(11-23-16)17-18(28(3)27-26-17)25-20(30)31-12(2)14-7-5-6-8-15(14)21/h5-12H,4H2,1-3H3,(H,25,30)(H2,22,23,24,29)/t12-/m1/s1. The van der Waals surface area contributed by atoms with Crippen molar-refractivity contribution >= 4 is 35.4 Å². The van der Waals surface area contributed by atoms with Crippen LogP contribution in [0.15, 0.2) is 42.6 Å². The number of hydrogen-bond donors (Lipinski definition) is 3. The number of anilines is 2. The van der Waals surface area contributed by atoms with Crippen LogP contribution < -0.4 is 16.0 Å². The molecule has 3 N–H and O–H groups in total. The van der Waals surface area contributed by atoms with Gasteiger partial charge in [-0.3, -0.25) is 10.6 Å². The molecule has 1 atom stereocenters. The normalized spacial score (nSPS) is 11.5. The van der Waals surface area contributed by atoms with Crippen molar-refractivity contribution in [3.05, 3.63) is 53.2 Å². The van der Waals surface area contributed by atoms with Crippen molar-refractivity contribution in [1.82, 2.24) is 25.3 Å². The fraction of sp³-hybridized carbons (Fsp3) is 0.250. The monoisotopic (exact) mass is 443 g/mol. The van der Waals surface area contributed by atoms with Gasteiger partial charge in [0.1, 0.15) is 17.6 Å². The third-order valence-corrected chi connectivity index (χ3v) is 4.63. The van der Waals surface area contributed by atoms with Crippen molar-refractivity contribution in [2.45, 2.75) is 20.0 Å². The second kappa shape index (κ2) is 9.90. The van der Waals surface area contributed by atoms with Crippen LogP contribution in [0.5, 0.6) is 0 Å². The molecule has 0 aliphatic heterocycles. The average Bonchev–Trinajstić information content (AvgIpc) is 3.09. The molecule has 162 valence electrons. The molecule has 1 aromatic carbocycles. The van der Waals surface area contributed by atoms with Crippen LogP contribution in [0.3, 0.4) is 0 Å². The van der Waals surface area contributed by atoms with Crippen molar-refractivity contribution in [2.24, 2.45) is 7.05 Å². The Hall–Kier alpha value is -3.66. The van der Waals surface area contributed by atoms with Gasteiger partial charge in [0, 0.05) is 35.9 Å². The van der Waals surface area contributed by atoms with Crippen molar-refractivity contribution in [1.29, 1.82) is 0 Å². The van der Waals surface area contributed by atoms with E-state index in [-0.39, 0.29) is 6.03 Å². The summed E-state index contributed by atoms with van der Waals surface area (Å²) in [4.78, 5) is 28.3. The van der Waals surface area contributed by atoms with Gasteiger partial charge < -0.3 is 10.1 Å². The van der Waals surface area contributed by atoms with Crippen LogP contribution in [-0.2, 0) is 11.8 Å². The molecule has 3 amide bonds. The highest BCUT2D eigenvalue weighted by Crippen LogP contribution is 2.28. The third-order valence-electron chi connectivity index (χ3n) is 4.29. The van der Waals surface area contributed by atoms with Crippen LogP contribution in [0.25, 0.3) is 11.3 Å². The van der Waals surface area contributed by atoms with E-state index in [1.54, 1.807) is 44.3 Å². The molecule has 0 spiro atoms. The minimum absolute atomic E-state index is 0.336. The fourth-order valence-corrected chi connectivity index (χ4v) is 3.07. The zero-order valence-electron chi connectivity index (χ0n) is 17.2. The van der Waals surface area contributed by atoms with E-state index >= 15 is 0 Å². The molecular formula is C20H22ClN7O3. The Morgan fingerprint density at radius 1 is 1.19 bits per heavy atom. The molecule has 10 nitrogen and oxygen atoms in total. The number of rotatable bonds is 6. The Balaban J connectivity index is 1.71. The quantitative estimate of drug-likeness (QED) is 0.529. The van der Waals surface area contributed by atoms with Gasteiger partial charge in [-0.1, -0.05) is 35.0 Å². The number of aromatic nitrogens is 4. The van der Waals surface area contributed by atoms with Crippen molar-refractivity contribution in [2.75, 3.05) is 17.2 Å². The first-order chi connectivity index (χ1) is 14.9. The minimum atomic E-state index is -0.679. The number of urea groups is 1. The summed E-state index contributed by atoms with van der Waals surface area (Å²) in [5, 5.41) is 16.5. The Kier molecular flexibility index (Phi) is 7.03. The van der Waals surface area contributed by atoms with E-state index in [1.165, 1.54) is 10.9 Å². The van der Waals surface area contributed by atoms with Gasteiger partial charge in [0.15, 0.2) is 5.82 Å². The Morgan fingerprint density at radius 3 is 2.65 bits per heavy atom. The highest BCUT2D eigenvalue weighted by atomic mass is 35.5. The highest BCUT2D eigenvalue weighted by Gasteiger charge is 2.19. The van der Waals surface area contributed by atoms with Gasteiger partial charge in [-0.05, 0) is 32.0 Å². The van der Waals surface area contributed by atoms with Crippen molar-refractivity contribution in [3.63, 3.8) is 0 Å². The van der Waals surface area contributed by atoms with Gasteiger partial charge in [0.2, 0.25) is 0 Å². The highest BCUT2D eigenvalue weighted by molar-refractivity contribution is 6.31. The maximum atomic E-state index is 12.5. The number of ether oxygens (including phenoxy) is 1. The lowest BCUT2D eigenvalue weighted by atomic mass is 10.1. The molecule has 3 aromatic rings. The minimum Gasteiger partial charge on any atom is -0.441 e. The van der Waals surface area contributed by atoms with Gasteiger partial charge in [0.05, 0.1) is 0 Å². The van der Waals surface area contributed by atoms with Crippen LogP contribution in [0, 0.1) is 0 Å². The SMILES string of the molecule is CCNC(=O)Nc1ccc(-c2nnn(C)c2NC(=O)O[C@H](C)c2ccccc2Cl)cn1.